The van der Waals surface area contributed by atoms with Gasteiger partial charge < -0.3 is 14.4 Å². The fourth-order valence-electron chi connectivity index (χ4n) is 3.78. The van der Waals surface area contributed by atoms with Gasteiger partial charge in [0.2, 0.25) is 0 Å². The number of methoxy groups -OCH3 is 1. The van der Waals surface area contributed by atoms with Gasteiger partial charge in [-0.05, 0) is 81.8 Å². The number of hydrogen-bond donors (Lipinski definition) is 0. The monoisotopic (exact) mass is 558 g/mol. The van der Waals surface area contributed by atoms with Gasteiger partial charge in [-0.1, -0.05) is 42.5 Å². The summed E-state index contributed by atoms with van der Waals surface area (Å²) in [7, 11) is 3.43. The number of carbonyl (C=O) groups is 1. The largest absolute Gasteiger partial charge is 0.493 e. The van der Waals surface area contributed by atoms with Crippen molar-refractivity contribution in [3.63, 3.8) is 0 Å². The second-order valence-electron chi connectivity index (χ2n) is 7.38. The van der Waals surface area contributed by atoms with Crippen LogP contribution in [-0.4, -0.2) is 41.5 Å². The molecule has 32 heavy (non-hydrogen) atoms. The average molecular weight is 558 g/mol. The molecule has 3 aromatic carbocycles. The molecule has 0 unspecified atom stereocenters. The van der Waals surface area contributed by atoms with Crippen molar-refractivity contribution in [3.05, 3.63) is 75.0 Å². The number of halogens is 1. The molecule has 0 atom stereocenters. The minimum absolute atomic E-state index is 0.0924. The molecule has 164 valence electrons. The summed E-state index contributed by atoms with van der Waals surface area (Å²) in [6, 6.07) is 18.3. The topological polar surface area (TPSA) is 42.0 Å². The van der Waals surface area contributed by atoms with Gasteiger partial charge in [-0.2, -0.15) is 0 Å². The standard InChI is InChI=1S/C25H23IN2O3S/c1-4-28-24(29)21(27(2)25(28)32)13-16-12-20(26)23(22(14-16)30-3)31-15-18-10-7-9-17-8-5-6-11-19(17)18/h5-14H,4,15H2,1-3H3. The van der Waals surface area contributed by atoms with E-state index in [2.05, 4.69) is 46.9 Å². The Kier molecular flexibility index (Phi) is 6.66. The molecule has 1 aliphatic rings. The molecule has 0 spiro atoms. The fraction of sp³-hybridized carbons (Fsp3) is 0.200. The van der Waals surface area contributed by atoms with Crippen molar-refractivity contribution in [2.45, 2.75) is 13.5 Å². The number of thiocarbonyl (C=S) groups is 1. The van der Waals surface area contributed by atoms with Gasteiger partial charge in [-0.25, -0.2) is 0 Å². The minimum atomic E-state index is -0.0924. The van der Waals surface area contributed by atoms with Crippen molar-refractivity contribution >= 4 is 62.7 Å². The summed E-state index contributed by atoms with van der Waals surface area (Å²) in [5.41, 5.74) is 2.50. The predicted molar refractivity (Wildman–Crippen MR) is 140 cm³/mol. The zero-order valence-corrected chi connectivity index (χ0v) is 21.1. The molecule has 1 saturated heterocycles. The van der Waals surface area contributed by atoms with E-state index in [4.69, 9.17) is 21.7 Å². The van der Waals surface area contributed by atoms with Crippen molar-refractivity contribution in [2.75, 3.05) is 20.7 Å². The Labute approximate surface area is 206 Å². The number of nitrogens with zero attached hydrogens (tertiary/aromatic N) is 2. The summed E-state index contributed by atoms with van der Waals surface area (Å²) >= 11 is 7.63. The van der Waals surface area contributed by atoms with Crippen molar-refractivity contribution in [1.29, 1.82) is 0 Å². The summed E-state index contributed by atoms with van der Waals surface area (Å²) < 4.78 is 12.7. The Morgan fingerprint density at radius 3 is 2.59 bits per heavy atom. The first-order valence-electron chi connectivity index (χ1n) is 10.2. The third kappa shape index (κ3) is 4.19. The fourth-order valence-corrected chi connectivity index (χ4v) is 4.87. The summed E-state index contributed by atoms with van der Waals surface area (Å²) in [5, 5.41) is 2.87. The summed E-state index contributed by atoms with van der Waals surface area (Å²) in [6.07, 6.45) is 1.84. The molecule has 0 radical (unpaired) electrons. The van der Waals surface area contributed by atoms with E-state index in [1.54, 1.807) is 16.9 Å². The Bertz CT molecular complexity index is 1240. The molecule has 3 aromatic rings. The number of benzene rings is 3. The first-order valence-corrected chi connectivity index (χ1v) is 11.7. The molecule has 4 rings (SSSR count). The van der Waals surface area contributed by atoms with Gasteiger partial charge in [-0.15, -0.1) is 0 Å². The molecule has 7 heteroatoms. The minimum Gasteiger partial charge on any atom is -0.493 e. The zero-order chi connectivity index (χ0) is 22.8. The number of carbonyl (C=O) groups excluding carboxylic acids is 1. The van der Waals surface area contributed by atoms with Gasteiger partial charge in [0.15, 0.2) is 16.6 Å². The lowest BCUT2D eigenvalue weighted by molar-refractivity contribution is -0.122. The van der Waals surface area contributed by atoms with Crippen LogP contribution in [0.4, 0.5) is 0 Å². The molecule has 1 aliphatic heterocycles. The summed E-state index contributed by atoms with van der Waals surface area (Å²) in [6.45, 7) is 2.88. The summed E-state index contributed by atoms with van der Waals surface area (Å²) in [4.78, 5) is 16.0. The van der Waals surface area contributed by atoms with E-state index in [1.807, 2.05) is 50.4 Å². The highest BCUT2D eigenvalue weighted by atomic mass is 127. The molecule has 0 saturated carbocycles. The number of hydrogen-bond acceptors (Lipinski definition) is 4. The molecular weight excluding hydrogens is 535 g/mol. The van der Waals surface area contributed by atoms with E-state index in [0.717, 1.165) is 14.7 Å². The Hall–Kier alpha value is -2.65. The van der Waals surface area contributed by atoms with E-state index >= 15 is 0 Å². The van der Waals surface area contributed by atoms with Gasteiger partial charge >= 0.3 is 0 Å². The lowest BCUT2D eigenvalue weighted by Gasteiger charge is -2.15. The van der Waals surface area contributed by atoms with E-state index < -0.39 is 0 Å². The van der Waals surface area contributed by atoms with Crippen LogP contribution in [0.15, 0.2) is 60.3 Å². The van der Waals surface area contributed by atoms with Crippen LogP contribution in [-0.2, 0) is 11.4 Å². The van der Waals surface area contributed by atoms with Crippen molar-refractivity contribution in [3.8, 4) is 11.5 Å². The van der Waals surface area contributed by atoms with E-state index in [-0.39, 0.29) is 5.91 Å². The van der Waals surface area contributed by atoms with Crippen LogP contribution < -0.4 is 9.47 Å². The highest BCUT2D eigenvalue weighted by Crippen LogP contribution is 2.36. The molecule has 0 N–H and O–H groups in total. The number of amides is 1. The van der Waals surface area contributed by atoms with Crippen molar-refractivity contribution in [1.82, 2.24) is 9.80 Å². The lowest BCUT2D eigenvalue weighted by Crippen LogP contribution is -2.30. The van der Waals surface area contributed by atoms with Gasteiger partial charge in [0.1, 0.15) is 12.3 Å². The first kappa shape index (κ1) is 22.5. The second kappa shape index (κ2) is 9.46. The van der Waals surface area contributed by atoms with Crippen LogP contribution >= 0.6 is 34.8 Å². The quantitative estimate of drug-likeness (QED) is 0.229. The number of likely N-dealkylation sites (N-methyl/N-ethyl adjacent to an activating group) is 2. The van der Waals surface area contributed by atoms with Crippen LogP contribution in [0, 0.1) is 3.57 Å². The Balaban J connectivity index is 1.63. The van der Waals surface area contributed by atoms with Crippen molar-refractivity contribution in [2.24, 2.45) is 0 Å². The molecule has 0 aromatic heterocycles. The van der Waals surface area contributed by atoms with Crippen LogP contribution in [0.5, 0.6) is 11.5 Å². The third-order valence-corrected chi connectivity index (χ3v) is 6.76. The average Bonchev–Trinajstić information content (AvgIpc) is 3.00. The highest BCUT2D eigenvalue weighted by molar-refractivity contribution is 14.1. The number of rotatable bonds is 6. The van der Waals surface area contributed by atoms with E-state index in [9.17, 15) is 4.79 Å². The van der Waals surface area contributed by atoms with Crippen LogP contribution in [0.25, 0.3) is 16.8 Å². The summed E-state index contributed by atoms with van der Waals surface area (Å²) in [5.74, 6) is 1.21. The van der Waals surface area contributed by atoms with E-state index in [0.29, 0.717) is 35.5 Å². The molecular formula is C25H23IN2O3S. The predicted octanol–water partition coefficient (Wildman–Crippen LogP) is 5.45. The molecule has 1 heterocycles. The van der Waals surface area contributed by atoms with E-state index in [1.165, 1.54) is 10.8 Å². The maximum Gasteiger partial charge on any atom is 0.276 e. The first-order chi connectivity index (χ1) is 15.4. The van der Waals surface area contributed by atoms with Crippen LogP contribution in [0.2, 0.25) is 0 Å². The molecule has 0 aliphatic carbocycles. The van der Waals surface area contributed by atoms with Crippen LogP contribution in [0.3, 0.4) is 0 Å². The maximum absolute atomic E-state index is 12.7. The lowest BCUT2D eigenvalue weighted by atomic mass is 10.1. The Morgan fingerprint density at radius 1 is 1.12 bits per heavy atom. The highest BCUT2D eigenvalue weighted by Gasteiger charge is 2.34. The maximum atomic E-state index is 12.7. The third-order valence-electron chi connectivity index (χ3n) is 5.47. The molecule has 0 bridgehead atoms. The van der Waals surface area contributed by atoms with Gasteiger partial charge in [-0.3, -0.25) is 9.69 Å². The van der Waals surface area contributed by atoms with Crippen LogP contribution in [0.1, 0.15) is 18.1 Å². The van der Waals surface area contributed by atoms with Gasteiger partial charge in [0, 0.05) is 13.6 Å². The molecule has 5 nitrogen and oxygen atoms in total. The second-order valence-corrected chi connectivity index (χ2v) is 8.91. The van der Waals surface area contributed by atoms with Gasteiger partial charge in [0.25, 0.3) is 5.91 Å². The SMILES string of the molecule is CCN1C(=O)C(=Cc2cc(I)c(OCc3cccc4ccccc34)c(OC)c2)N(C)C1=S. The van der Waals surface area contributed by atoms with Gasteiger partial charge in [0.05, 0.1) is 10.7 Å². The van der Waals surface area contributed by atoms with Crippen molar-refractivity contribution < 1.29 is 14.3 Å². The molecule has 1 fully saturated rings. The molecule has 1 amide bonds. The number of fused-ring (bicyclic) bond motifs is 1. The zero-order valence-electron chi connectivity index (χ0n) is 18.1. The smallest absolute Gasteiger partial charge is 0.276 e. The normalized spacial score (nSPS) is 15.2. The number of ether oxygens (including phenoxy) is 2. The Morgan fingerprint density at radius 2 is 1.88 bits per heavy atom.